The zero-order valence-corrected chi connectivity index (χ0v) is 15.2. The quantitative estimate of drug-likeness (QED) is 0.764. The van der Waals surface area contributed by atoms with Gasteiger partial charge in [-0.3, -0.25) is 9.69 Å². The van der Waals surface area contributed by atoms with Crippen LogP contribution in [0.15, 0.2) is 35.1 Å². The van der Waals surface area contributed by atoms with E-state index in [4.69, 9.17) is 9.72 Å². The Labute approximate surface area is 157 Å². The van der Waals surface area contributed by atoms with Crippen LogP contribution in [-0.2, 0) is 30.9 Å². The average Bonchev–Trinajstić information content (AvgIpc) is 3.29. The zero-order chi connectivity index (χ0) is 18.2. The first-order valence-corrected chi connectivity index (χ1v) is 9.61. The van der Waals surface area contributed by atoms with Gasteiger partial charge in [0.25, 0.3) is 5.56 Å². The van der Waals surface area contributed by atoms with Crippen LogP contribution in [0.1, 0.15) is 29.9 Å². The van der Waals surface area contributed by atoms with E-state index in [-0.39, 0.29) is 5.56 Å². The lowest BCUT2D eigenvalue weighted by molar-refractivity contribution is 0.107. The Balaban J connectivity index is 1.35. The Hall–Kier alpha value is -2.51. The maximum Gasteiger partial charge on any atom is 0.267 e. The molecule has 0 saturated carbocycles. The SMILES string of the molecule is O=c1cc2c(nn1CC1CCCN1Cc1nc3ccccc3[nH]1)CCOC2. The Kier molecular flexibility index (Phi) is 4.26. The molecule has 0 bridgehead atoms. The molecular weight excluding hydrogens is 342 g/mol. The van der Waals surface area contributed by atoms with E-state index in [9.17, 15) is 4.79 Å². The van der Waals surface area contributed by atoms with Gasteiger partial charge in [0.05, 0.1) is 43.0 Å². The molecule has 1 atom stereocenters. The fourth-order valence-electron chi connectivity index (χ4n) is 4.17. The Morgan fingerprint density at radius 3 is 3.15 bits per heavy atom. The van der Waals surface area contributed by atoms with Gasteiger partial charge in [-0.25, -0.2) is 9.67 Å². The Morgan fingerprint density at radius 2 is 2.22 bits per heavy atom. The normalized spacial score (nSPS) is 20.2. The summed E-state index contributed by atoms with van der Waals surface area (Å²) in [6.45, 7) is 3.61. The number of hydrogen-bond donors (Lipinski definition) is 1. The minimum atomic E-state index is -0.0326. The summed E-state index contributed by atoms with van der Waals surface area (Å²) in [7, 11) is 0. The molecule has 1 unspecified atom stereocenters. The first kappa shape index (κ1) is 16.6. The van der Waals surface area contributed by atoms with Gasteiger partial charge in [0.15, 0.2) is 0 Å². The predicted molar refractivity (Wildman–Crippen MR) is 101 cm³/mol. The van der Waals surface area contributed by atoms with Gasteiger partial charge in [-0.15, -0.1) is 0 Å². The van der Waals surface area contributed by atoms with E-state index in [1.54, 1.807) is 10.7 Å². The number of likely N-dealkylation sites (tertiary alicyclic amines) is 1. The highest BCUT2D eigenvalue weighted by Gasteiger charge is 2.27. The molecule has 3 aromatic rings. The second-order valence-corrected chi connectivity index (χ2v) is 7.41. The van der Waals surface area contributed by atoms with Crippen molar-refractivity contribution in [3.05, 3.63) is 57.8 Å². The van der Waals surface area contributed by atoms with Crippen molar-refractivity contribution in [2.45, 2.75) is 45.0 Å². The third-order valence-corrected chi connectivity index (χ3v) is 5.58. The van der Waals surface area contributed by atoms with Crippen molar-refractivity contribution in [2.24, 2.45) is 0 Å². The summed E-state index contributed by atoms with van der Waals surface area (Å²) in [6.07, 6.45) is 3.00. The van der Waals surface area contributed by atoms with Crippen molar-refractivity contribution in [3.8, 4) is 0 Å². The van der Waals surface area contributed by atoms with Crippen LogP contribution in [0.4, 0.5) is 0 Å². The third kappa shape index (κ3) is 3.28. The minimum Gasteiger partial charge on any atom is -0.376 e. The lowest BCUT2D eigenvalue weighted by Crippen LogP contribution is -2.37. The van der Waals surface area contributed by atoms with Gasteiger partial charge in [-0.1, -0.05) is 12.1 Å². The molecule has 2 aliphatic heterocycles. The second kappa shape index (κ2) is 6.90. The van der Waals surface area contributed by atoms with Gasteiger partial charge in [0, 0.05) is 24.1 Å². The summed E-state index contributed by atoms with van der Waals surface area (Å²) in [5, 5.41) is 4.63. The number of imidazole rings is 1. The van der Waals surface area contributed by atoms with Gasteiger partial charge in [0.1, 0.15) is 5.82 Å². The molecule has 4 heterocycles. The first-order chi connectivity index (χ1) is 13.3. The van der Waals surface area contributed by atoms with E-state index in [1.165, 1.54) is 0 Å². The predicted octanol–water partition coefficient (Wildman–Crippen LogP) is 1.86. The monoisotopic (exact) mass is 365 g/mol. The molecule has 2 aliphatic rings. The smallest absolute Gasteiger partial charge is 0.267 e. The highest BCUT2D eigenvalue weighted by atomic mass is 16.5. The van der Waals surface area contributed by atoms with Crippen LogP contribution in [0.3, 0.4) is 0 Å². The third-order valence-electron chi connectivity index (χ3n) is 5.58. The summed E-state index contributed by atoms with van der Waals surface area (Å²) >= 11 is 0. The van der Waals surface area contributed by atoms with Crippen molar-refractivity contribution in [1.82, 2.24) is 24.6 Å². The molecule has 0 radical (unpaired) electrons. The number of aromatic amines is 1. The summed E-state index contributed by atoms with van der Waals surface area (Å²) in [6, 6.07) is 10.1. The van der Waals surface area contributed by atoms with Crippen LogP contribution in [0.5, 0.6) is 0 Å². The maximum absolute atomic E-state index is 12.5. The van der Waals surface area contributed by atoms with Crippen molar-refractivity contribution in [1.29, 1.82) is 0 Å². The molecule has 1 fully saturated rings. The van der Waals surface area contributed by atoms with E-state index in [1.807, 2.05) is 24.3 Å². The van der Waals surface area contributed by atoms with Gasteiger partial charge in [-0.05, 0) is 31.5 Å². The van der Waals surface area contributed by atoms with Crippen LogP contribution in [0.2, 0.25) is 0 Å². The number of ether oxygens (including phenoxy) is 1. The van der Waals surface area contributed by atoms with Crippen LogP contribution < -0.4 is 5.56 Å². The minimum absolute atomic E-state index is 0.0326. The molecular formula is C20H23N5O2. The van der Waals surface area contributed by atoms with E-state index in [0.717, 1.165) is 60.5 Å². The number of fused-ring (bicyclic) bond motifs is 2. The van der Waals surface area contributed by atoms with Crippen molar-refractivity contribution >= 4 is 11.0 Å². The highest BCUT2D eigenvalue weighted by molar-refractivity contribution is 5.74. The van der Waals surface area contributed by atoms with Crippen LogP contribution in [0.25, 0.3) is 11.0 Å². The van der Waals surface area contributed by atoms with Crippen LogP contribution in [0, 0.1) is 0 Å². The lowest BCUT2D eigenvalue weighted by Gasteiger charge is -2.24. The number of rotatable bonds is 4. The van der Waals surface area contributed by atoms with E-state index in [0.29, 0.717) is 25.8 Å². The number of aromatic nitrogens is 4. The molecule has 2 aromatic heterocycles. The molecule has 0 aliphatic carbocycles. The summed E-state index contributed by atoms with van der Waals surface area (Å²) in [5.74, 6) is 0.978. The molecule has 140 valence electrons. The number of nitrogens with one attached hydrogen (secondary N) is 1. The average molecular weight is 365 g/mol. The number of benzene rings is 1. The molecule has 7 heteroatoms. The molecule has 27 heavy (non-hydrogen) atoms. The van der Waals surface area contributed by atoms with Gasteiger partial charge in [-0.2, -0.15) is 5.10 Å². The number of para-hydroxylation sites is 2. The fraction of sp³-hybridized carbons (Fsp3) is 0.450. The number of H-pyrrole nitrogens is 1. The molecule has 0 amide bonds. The van der Waals surface area contributed by atoms with Crippen molar-refractivity contribution in [3.63, 3.8) is 0 Å². The number of nitrogens with zero attached hydrogens (tertiary/aromatic N) is 4. The summed E-state index contributed by atoms with van der Waals surface area (Å²) < 4.78 is 7.07. The Morgan fingerprint density at radius 1 is 1.30 bits per heavy atom. The standard InChI is InChI=1S/C20H23N5O2/c26-20-10-14-13-27-9-7-16(14)23-25(20)11-15-4-3-8-24(15)12-19-21-17-5-1-2-6-18(17)22-19/h1-2,5-6,10,15H,3-4,7-9,11-13H2,(H,21,22). The zero-order valence-electron chi connectivity index (χ0n) is 15.2. The summed E-state index contributed by atoms with van der Waals surface area (Å²) in [5.41, 5.74) is 3.97. The molecule has 7 nitrogen and oxygen atoms in total. The maximum atomic E-state index is 12.5. The van der Waals surface area contributed by atoms with Gasteiger partial charge in [0.2, 0.25) is 0 Å². The molecule has 1 saturated heterocycles. The molecule has 1 N–H and O–H groups in total. The summed E-state index contributed by atoms with van der Waals surface area (Å²) in [4.78, 5) is 23.0. The van der Waals surface area contributed by atoms with Crippen molar-refractivity contribution < 1.29 is 4.74 Å². The van der Waals surface area contributed by atoms with E-state index >= 15 is 0 Å². The van der Waals surface area contributed by atoms with E-state index < -0.39 is 0 Å². The first-order valence-electron chi connectivity index (χ1n) is 9.61. The molecule has 1 aromatic carbocycles. The second-order valence-electron chi connectivity index (χ2n) is 7.41. The van der Waals surface area contributed by atoms with Gasteiger partial charge < -0.3 is 9.72 Å². The van der Waals surface area contributed by atoms with E-state index in [2.05, 4.69) is 15.0 Å². The van der Waals surface area contributed by atoms with Crippen molar-refractivity contribution in [2.75, 3.05) is 13.2 Å². The van der Waals surface area contributed by atoms with Crippen LogP contribution in [-0.4, -0.2) is 43.8 Å². The van der Waals surface area contributed by atoms with Crippen LogP contribution >= 0.6 is 0 Å². The largest absolute Gasteiger partial charge is 0.376 e. The lowest BCUT2D eigenvalue weighted by atomic mass is 10.1. The highest BCUT2D eigenvalue weighted by Crippen LogP contribution is 2.22. The number of hydrogen-bond acceptors (Lipinski definition) is 5. The fourth-order valence-corrected chi connectivity index (χ4v) is 4.17. The topological polar surface area (TPSA) is 76.0 Å². The molecule has 5 rings (SSSR count). The molecule has 0 spiro atoms. The van der Waals surface area contributed by atoms with Gasteiger partial charge >= 0.3 is 0 Å². The Bertz CT molecular complexity index is 992.